The molecule has 0 aliphatic carbocycles. The van der Waals surface area contributed by atoms with Crippen LogP contribution in [0.15, 0.2) is 114 Å². The van der Waals surface area contributed by atoms with Crippen molar-refractivity contribution in [1.82, 2.24) is 5.32 Å². The van der Waals surface area contributed by atoms with Gasteiger partial charge >= 0.3 is 0 Å². The van der Waals surface area contributed by atoms with Gasteiger partial charge in [0.2, 0.25) is 5.91 Å². The highest BCUT2D eigenvalue weighted by molar-refractivity contribution is 8.00. The molecule has 0 aliphatic heterocycles. The molecule has 3 N–H and O–H groups in total. The summed E-state index contributed by atoms with van der Waals surface area (Å²) in [5.41, 5.74) is 2.39. The zero-order valence-electron chi connectivity index (χ0n) is 24.8. The molecular weight excluding hydrogens is 574 g/mol. The van der Waals surface area contributed by atoms with Crippen molar-refractivity contribution in [3.05, 3.63) is 120 Å². The Kier molecular flexibility index (Phi) is 11.6. The van der Waals surface area contributed by atoms with Crippen LogP contribution in [0.4, 0.5) is 11.4 Å². The van der Waals surface area contributed by atoms with Crippen LogP contribution >= 0.6 is 11.8 Å². The number of hydrogen-bond donors (Lipinski definition) is 3. The highest BCUT2D eigenvalue weighted by Crippen LogP contribution is 2.29. The number of benzene rings is 4. The first-order valence-electron chi connectivity index (χ1n) is 14.2. The first kappa shape index (κ1) is 31.9. The molecule has 1 atom stereocenters. The molecule has 0 radical (unpaired) electrons. The van der Waals surface area contributed by atoms with Crippen LogP contribution in [-0.2, 0) is 9.59 Å². The van der Waals surface area contributed by atoms with Gasteiger partial charge in [-0.2, -0.15) is 0 Å². The maximum absolute atomic E-state index is 13.5. The topological polar surface area (TPSA) is 106 Å². The van der Waals surface area contributed by atoms with Crippen LogP contribution in [0.2, 0.25) is 0 Å². The summed E-state index contributed by atoms with van der Waals surface area (Å²) in [5, 5.41) is 8.23. The Labute approximate surface area is 261 Å². The third kappa shape index (κ3) is 9.24. The Bertz CT molecular complexity index is 1610. The number of rotatable bonds is 13. The summed E-state index contributed by atoms with van der Waals surface area (Å²) in [5.74, 6) is 0.330. The van der Waals surface area contributed by atoms with E-state index >= 15 is 0 Å². The van der Waals surface area contributed by atoms with E-state index in [4.69, 9.17) is 9.47 Å². The van der Waals surface area contributed by atoms with E-state index in [1.165, 1.54) is 11.8 Å². The molecule has 0 saturated carbocycles. The lowest BCUT2D eigenvalue weighted by molar-refractivity contribution is -0.116. The van der Waals surface area contributed by atoms with Crippen LogP contribution in [0.5, 0.6) is 11.5 Å². The Morgan fingerprint density at radius 1 is 0.795 bits per heavy atom. The van der Waals surface area contributed by atoms with E-state index in [0.717, 1.165) is 4.90 Å². The molecule has 0 aliphatic rings. The van der Waals surface area contributed by atoms with Crippen LogP contribution in [0.25, 0.3) is 6.08 Å². The molecule has 1 unspecified atom stereocenters. The summed E-state index contributed by atoms with van der Waals surface area (Å²) in [6, 6.07) is 30.4. The van der Waals surface area contributed by atoms with Crippen molar-refractivity contribution in [2.45, 2.75) is 30.4 Å². The summed E-state index contributed by atoms with van der Waals surface area (Å²) in [6.07, 6.45) is 2.21. The van der Waals surface area contributed by atoms with Crippen molar-refractivity contribution in [2.24, 2.45) is 0 Å². The largest absolute Gasteiger partial charge is 0.497 e. The van der Waals surface area contributed by atoms with Gasteiger partial charge in [0.05, 0.1) is 19.0 Å². The number of anilines is 2. The molecule has 4 aromatic carbocycles. The molecule has 44 heavy (non-hydrogen) atoms. The fraction of sp³-hybridized carbons (Fsp3) is 0.171. The molecule has 0 spiro atoms. The van der Waals surface area contributed by atoms with Gasteiger partial charge in [0.25, 0.3) is 11.8 Å². The Balaban J connectivity index is 1.50. The minimum Gasteiger partial charge on any atom is -0.497 e. The molecule has 0 aromatic heterocycles. The first-order chi connectivity index (χ1) is 21.4. The molecule has 0 heterocycles. The predicted molar refractivity (Wildman–Crippen MR) is 176 cm³/mol. The minimum absolute atomic E-state index is 0.0742. The lowest BCUT2D eigenvalue weighted by Crippen LogP contribution is -2.30. The van der Waals surface area contributed by atoms with Gasteiger partial charge in [0.15, 0.2) is 0 Å². The summed E-state index contributed by atoms with van der Waals surface area (Å²) in [7, 11) is 1.58. The summed E-state index contributed by atoms with van der Waals surface area (Å²) in [4.78, 5) is 40.3. The number of amides is 3. The van der Waals surface area contributed by atoms with Crippen LogP contribution in [-0.4, -0.2) is 36.7 Å². The fourth-order valence-electron chi connectivity index (χ4n) is 4.19. The molecule has 0 saturated heterocycles. The van der Waals surface area contributed by atoms with Gasteiger partial charge in [0, 0.05) is 27.9 Å². The van der Waals surface area contributed by atoms with Crippen molar-refractivity contribution in [2.75, 3.05) is 24.4 Å². The molecule has 4 rings (SSSR count). The summed E-state index contributed by atoms with van der Waals surface area (Å²) < 4.78 is 10.8. The van der Waals surface area contributed by atoms with E-state index < -0.39 is 11.8 Å². The lowest BCUT2D eigenvalue weighted by Gasteiger charge is -2.16. The van der Waals surface area contributed by atoms with E-state index in [9.17, 15) is 14.4 Å². The Hall–Kier alpha value is -5.02. The van der Waals surface area contributed by atoms with E-state index in [1.807, 2.05) is 62.4 Å². The molecule has 9 heteroatoms. The fourth-order valence-corrected chi connectivity index (χ4v) is 5.21. The van der Waals surface area contributed by atoms with Crippen molar-refractivity contribution in [1.29, 1.82) is 0 Å². The average molecular weight is 610 g/mol. The molecule has 0 bridgehead atoms. The van der Waals surface area contributed by atoms with Crippen LogP contribution < -0.4 is 25.4 Å². The average Bonchev–Trinajstić information content (AvgIpc) is 3.04. The van der Waals surface area contributed by atoms with E-state index in [0.29, 0.717) is 47.0 Å². The second-order valence-corrected chi connectivity index (χ2v) is 10.9. The van der Waals surface area contributed by atoms with Crippen molar-refractivity contribution in [3.8, 4) is 11.5 Å². The van der Waals surface area contributed by atoms with Gasteiger partial charge in [-0.05, 0) is 79.6 Å². The van der Waals surface area contributed by atoms with Gasteiger partial charge in [-0.25, -0.2) is 0 Å². The third-order valence-electron chi connectivity index (χ3n) is 6.40. The van der Waals surface area contributed by atoms with Crippen LogP contribution in [0.3, 0.4) is 0 Å². The maximum Gasteiger partial charge on any atom is 0.272 e. The number of carbonyl (C=O) groups excluding carboxylic acids is 3. The third-order valence-corrected chi connectivity index (χ3v) is 7.76. The number of thioether (sulfide) groups is 1. The zero-order valence-corrected chi connectivity index (χ0v) is 25.6. The highest BCUT2D eigenvalue weighted by Gasteiger charge is 2.20. The number of ether oxygens (including phenoxy) is 2. The van der Waals surface area contributed by atoms with Gasteiger partial charge in [0.1, 0.15) is 17.2 Å². The molecule has 8 nitrogen and oxygen atoms in total. The van der Waals surface area contributed by atoms with Gasteiger partial charge in [-0.3, -0.25) is 14.4 Å². The SMILES string of the molecule is CCOc1ccc(/C=C(/NC(=O)c2ccccc2)C(=O)Nc2cccc(SC(CC)C(=O)Nc3cccc(OC)c3)c2)cc1. The minimum atomic E-state index is -0.492. The van der Waals surface area contributed by atoms with Gasteiger partial charge < -0.3 is 25.4 Å². The van der Waals surface area contributed by atoms with Crippen LogP contribution in [0.1, 0.15) is 36.2 Å². The summed E-state index contributed by atoms with van der Waals surface area (Å²) in [6.45, 7) is 4.39. The number of methoxy groups -OCH3 is 1. The number of nitrogens with one attached hydrogen (secondary N) is 3. The maximum atomic E-state index is 13.5. The van der Waals surface area contributed by atoms with Gasteiger partial charge in [-0.1, -0.05) is 49.4 Å². The lowest BCUT2D eigenvalue weighted by atomic mass is 10.1. The molecular formula is C35H35N3O5S. The second-order valence-electron chi connectivity index (χ2n) is 9.60. The molecule has 4 aromatic rings. The van der Waals surface area contributed by atoms with Crippen LogP contribution in [0, 0.1) is 0 Å². The second kappa shape index (κ2) is 16.0. The molecule has 0 fully saturated rings. The quantitative estimate of drug-likeness (QED) is 0.111. The molecule has 3 amide bonds. The highest BCUT2D eigenvalue weighted by atomic mass is 32.2. The standard InChI is InChI=1S/C35H35N3O5S/c1-4-32(35(41)37-26-13-9-15-29(22-26)42-3)44-30-16-10-14-27(23-30)36-34(40)31(38-33(39)25-11-7-6-8-12-25)21-24-17-19-28(20-18-24)43-5-2/h6-23,32H,4-5H2,1-3H3,(H,36,40)(H,37,41)(H,38,39)/b31-21+. The smallest absolute Gasteiger partial charge is 0.272 e. The summed E-state index contributed by atoms with van der Waals surface area (Å²) >= 11 is 1.40. The van der Waals surface area contributed by atoms with Crippen molar-refractivity contribution < 1.29 is 23.9 Å². The van der Waals surface area contributed by atoms with E-state index in [1.54, 1.807) is 67.8 Å². The normalized spacial score (nSPS) is 11.7. The first-order valence-corrected chi connectivity index (χ1v) is 15.1. The number of hydrogen-bond acceptors (Lipinski definition) is 6. The van der Waals surface area contributed by atoms with Crippen molar-refractivity contribution in [3.63, 3.8) is 0 Å². The Morgan fingerprint density at radius 3 is 2.18 bits per heavy atom. The van der Waals surface area contributed by atoms with Crippen molar-refractivity contribution >= 4 is 46.9 Å². The number of carbonyl (C=O) groups is 3. The Morgan fingerprint density at radius 2 is 1.50 bits per heavy atom. The van der Waals surface area contributed by atoms with E-state index in [-0.39, 0.29) is 16.9 Å². The van der Waals surface area contributed by atoms with E-state index in [2.05, 4.69) is 16.0 Å². The zero-order chi connectivity index (χ0) is 31.3. The van der Waals surface area contributed by atoms with Gasteiger partial charge in [-0.15, -0.1) is 11.8 Å². The monoisotopic (exact) mass is 609 g/mol. The molecule has 226 valence electrons. The predicted octanol–water partition coefficient (Wildman–Crippen LogP) is 7.01.